The molecule has 0 spiro atoms. The third kappa shape index (κ3) is 31.4. The van der Waals surface area contributed by atoms with Gasteiger partial charge >= 0.3 is 16.8 Å². The van der Waals surface area contributed by atoms with E-state index in [-0.39, 0.29) is 30.0 Å². The molecule has 0 amide bonds. The summed E-state index contributed by atoms with van der Waals surface area (Å²) in [5, 5.41) is 19.6. The molecule has 0 aromatic heterocycles. The van der Waals surface area contributed by atoms with Crippen molar-refractivity contribution in [3.05, 3.63) is 0 Å². The smallest absolute Gasteiger partial charge is 0.854 e. The van der Waals surface area contributed by atoms with Crippen molar-refractivity contribution in [2.24, 2.45) is 0 Å². The van der Waals surface area contributed by atoms with Crippen LogP contribution in [0.4, 0.5) is 0 Å². The van der Waals surface area contributed by atoms with Gasteiger partial charge in [-0.25, -0.2) is 0 Å². The van der Waals surface area contributed by atoms with Crippen LogP contribution in [-0.4, -0.2) is 13.2 Å². The Morgan fingerprint density at radius 2 is 0.933 bits per heavy atom. The number of unbranched alkanes of at least 4 members (excludes halogenated alkanes) is 6. The molecule has 0 rings (SSSR count). The fraction of sp³-hybridized carbons (Fsp3) is 1.00. The van der Waals surface area contributed by atoms with Gasteiger partial charge in [0.05, 0.1) is 0 Å². The molecule has 0 bridgehead atoms. The van der Waals surface area contributed by atoms with E-state index < -0.39 is 0 Å². The van der Waals surface area contributed by atoms with Gasteiger partial charge < -0.3 is 10.2 Å². The molecule has 0 aliphatic rings. The van der Waals surface area contributed by atoms with Crippen LogP contribution >= 0.6 is 0 Å². The van der Waals surface area contributed by atoms with E-state index in [2.05, 4.69) is 13.8 Å². The summed E-state index contributed by atoms with van der Waals surface area (Å²) in [6.45, 7) is 4.51. The summed E-state index contributed by atoms with van der Waals surface area (Å²) in [5.41, 5.74) is 0. The third-order valence-corrected chi connectivity index (χ3v) is 2.00. The van der Waals surface area contributed by atoms with E-state index in [1.165, 1.54) is 25.7 Å². The van der Waals surface area contributed by atoms with Crippen LogP contribution in [0.2, 0.25) is 0 Å². The molecule has 95 valence electrons. The molecule has 0 fully saturated rings. The van der Waals surface area contributed by atoms with Crippen molar-refractivity contribution in [1.82, 2.24) is 0 Å². The number of hydrogen-bond donors (Lipinski definition) is 0. The minimum Gasteiger partial charge on any atom is -0.854 e. The van der Waals surface area contributed by atoms with Crippen LogP contribution in [0.5, 0.6) is 0 Å². The van der Waals surface area contributed by atoms with Gasteiger partial charge in [0, 0.05) is 0 Å². The fourth-order valence-electron chi connectivity index (χ4n) is 1.06. The number of rotatable bonds is 8. The zero-order valence-electron chi connectivity index (χ0n) is 10.2. The van der Waals surface area contributed by atoms with Crippen molar-refractivity contribution in [2.45, 2.75) is 65.2 Å². The Hall–Kier alpha value is 0.426. The van der Waals surface area contributed by atoms with Crippen LogP contribution in [0.15, 0.2) is 0 Å². The van der Waals surface area contributed by atoms with Gasteiger partial charge in [-0.2, -0.15) is 0 Å². The molecule has 0 aromatic rings. The van der Waals surface area contributed by atoms with Crippen LogP contribution in [0.1, 0.15) is 65.2 Å². The second-order valence-corrected chi connectivity index (χ2v) is 3.53. The average Bonchev–Trinajstić information content (AvgIpc) is 2.21. The maximum atomic E-state index is 9.80. The molecule has 15 heavy (non-hydrogen) atoms. The predicted molar refractivity (Wildman–Crippen MR) is 58.0 cm³/mol. The summed E-state index contributed by atoms with van der Waals surface area (Å²) in [6, 6.07) is 0. The molecule has 2 nitrogen and oxygen atoms in total. The summed E-state index contributed by atoms with van der Waals surface area (Å²) in [5.74, 6) is 0. The first-order valence-corrected chi connectivity index (χ1v) is 5.99. The zero-order valence-corrected chi connectivity index (χ0v) is 11.3. The summed E-state index contributed by atoms with van der Waals surface area (Å²) in [7, 11) is 0. The van der Waals surface area contributed by atoms with Gasteiger partial charge in [-0.15, -0.1) is 13.2 Å². The summed E-state index contributed by atoms with van der Waals surface area (Å²) in [6.07, 6.45) is 8.88. The Balaban J connectivity index is -0.000000180. The predicted octanol–water partition coefficient (Wildman–Crippen LogP) is 1.85. The van der Waals surface area contributed by atoms with Crippen molar-refractivity contribution in [1.29, 1.82) is 0 Å². The molecule has 0 atom stereocenters. The molecule has 0 aliphatic heterocycles. The first-order valence-electron chi connectivity index (χ1n) is 5.99. The average molecular weight is 261 g/mol. The van der Waals surface area contributed by atoms with Gasteiger partial charge in [0.2, 0.25) is 0 Å². The first kappa shape index (κ1) is 20.8. The molecule has 0 heterocycles. The summed E-state index contributed by atoms with van der Waals surface area (Å²) < 4.78 is 0. The minimum atomic E-state index is 0. The van der Waals surface area contributed by atoms with Gasteiger partial charge in [0.1, 0.15) is 0 Å². The zero-order chi connectivity index (χ0) is 11.1. The Morgan fingerprint density at radius 3 is 1.13 bits per heavy atom. The quantitative estimate of drug-likeness (QED) is 0.626. The van der Waals surface area contributed by atoms with Gasteiger partial charge in [0.15, 0.2) is 0 Å². The molecular formula is C12H26CoO2. The molecule has 0 aliphatic carbocycles. The van der Waals surface area contributed by atoms with E-state index in [0.717, 1.165) is 25.7 Å². The molecule has 3 heteroatoms. The molecule has 0 saturated carbocycles. The van der Waals surface area contributed by atoms with Crippen LogP contribution in [0, 0.1) is 0 Å². The van der Waals surface area contributed by atoms with Crippen molar-refractivity contribution >= 4 is 0 Å². The van der Waals surface area contributed by atoms with E-state index in [9.17, 15) is 10.2 Å². The Bertz CT molecular complexity index is 62.0. The van der Waals surface area contributed by atoms with Gasteiger partial charge in [-0.3, -0.25) is 0 Å². The van der Waals surface area contributed by atoms with Gasteiger partial charge in [-0.1, -0.05) is 65.2 Å². The number of hydrogen-bond acceptors (Lipinski definition) is 2. The van der Waals surface area contributed by atoms with E-state index in [4.69, 9.17) is 0 Å². The standard InChI is InChI=1S/2C6H13O.Co/c2*1-2-3-4-5-6-7;/h2*2-6H2,1H3;/q2*-1;+2. The molecule has 1 radical (unpaired) electrons. The van der Waals surface area contributed by atoms with E-state index in [0.29, 0.717) is 0 Å². The maximum absolute atomic E-state index is 9.80. The second-order valence-electron chi connectivity index (χ2n) is 3.53. The van der Waals surface area contributed by atoms with E-state index >= 15 is 0 Å². The van der Waals surface area contributed by atoms with E-state index in [1.807, 2.05) is 0 Å². The van der Waals surface area contributed by atoms with Gasteiger partial charge in [0.25, 0.3) is 0 Å². The van der Waals surface area contributed by atoms with E-state index in [1.54, 1.807) is 0 Å². The Labute approximate surface area is 106 Å². The SMILES string of the molecule is CCCCCC[O-].CCCCCC[O-].[Co+2]. The molecule has 0 aromatic carbocycles. The fourth-order valence-corrected chi connectivity index (χ4v) is 1.06. The second kappa shape index (κ2) is 23.9. The van der Waals surface area contributed by atoms with Crippen LogP contribution in [0.25, 0.3) is 0 Å². The molecule has 0 saturated heterocycles. The van der Waals surface area contributed by atoms with Crippen molar-refractivity contribution in [3.63, 3.8) is 0 Å². The monoisotopic (exact) mass is 261 g/mol. The minimum absolute atomic E-state index is 0. The Morgan fingerprint density at radius 1 is 0.600 bits per heavy atom. The summed E-state index contributed by atoms with van der Waals surface area (Å²) >= 11 is 0. The normalized spacial score (nSPS) is 8.80. The first-order chi connectivity index (χ1) is 6.83. The van der Waals surface area contributed by atoms with Crippen LogP contribution in [-0.2, 0) is 16.8 Å². The molecule has 0 unspecified atom stereocenters. The molecule has 0 N–H and O–H groups in total. The van der Waals surface area contributed by atoms with Crippen molar-refractivity contribution in [2.75, 3.05) is 13.2 Å². The third-order valence-electron chi connectivity index (χ3n) is 2.00. The van der Waals surface area contributed by atoms with Crippen LogP contribution in [0.3, 0.4) is 0 Å². The Kier molecular flexibility index (Phi) is 33.2. The topological polar surface area (TPSA) is 46.1 Å². The maximum Gasteiger partial charge on any atom is 2.00 e. The van der Waals surface area contributed by atoms with Crippen LogP contribution < -0.4 is 10.2 Å². The molecular weight excluding hydrogens is 235 g/mol. The van der Waals surface area contributed by atoms with Gasteiger partial charge in [-0.05, 0) is 0 Å². The largest absolute Gasteiger partial charge is 2.00 e. The van der Waals surface area contributed by atoms with Crippen molar-refractivity contribution < 1.29 is 27.0 Å². The van der Waals surface area contributed by atoms with Crippen molar-refractivity contribution in [3.8, 4) is 0 Å². The summed E-state index contributed by atoms with van der Waals surface area (Å²) in [4.78, 5) is 0.